The molecule has 0 aliphatic heterocycles. The lowest BCUT2D eigenvalue weighted by Crippen LogP contribution is -2.07. The number of methoxy groups -OCH3 is 1. The van der Waals surface area contributed by atoms with Crippen molar-refractivity contribution >= 4 is 29.3 Å². The summed E-state index contributed by atoms with van der Waals surface area (Å²) in [7, 11) is 1.58. The normalized spacial score (nSPS) is 10.9. The Bertz CT molecular complexity index is 965. The molecule has 0 fully saturated rings. The van der Waals surface area contributed by atoms with Crippen molar-refractivity contribution in [2.75, 3.05) is 12.4 Å². The second-order valence-electron chi connectivity index (χ2n) is 5.99. The minimum atomic E-state index is -0.255. The van der Waals surface area contributed by atoms with Crippen molar-refractivity contribution in [3.05, 3.63) is 82.6 Å². The molecule has 27 heavy (non-hydrogen) atoms. The first-order chi connectivity index (χ1) is 13.1. The SMILES string of the molecule is COc1cccc(NC(=O)/C=C/c2c(C)nn(Cc3ccccc3)c2Cl)c1. The number of carbonyl (C=O) groups excluding carboxylic acids is 1. The number of anilines is 1. The van der Waals surface area contributed by atoms with Crippen molar-refractivity contribution in [3.8, 4) is 5.75 Å². The molecular formula is C21H20ClN3O2. The molecule has 138 valence electrons. The lowest BCUT2D eigenvalue weighted by Gasteiger charge is -2.04. The Labute approximate surface area is 163 Å². The van der Waals surface area contributed by atoms with E-state index in [-0.39, 0.29) is 5.91 Å². The summed E-state index contributed by atoms with van der Waals surface area (Å²) in [5, 5.41) is 7.77. The van der Waals surface area contributed by atoms with Gasteiger partial charge in [0.2, 0.25) is 5.91 Å². The van der Waals surface area contributed by atoms with Gasteiger partial charge in [-0.25, -0.2) is 4.68 Å². The highest BCUT2D eigenvalue weighted by Crippen LogP contribution is 2.22. The van der Waals surface area contributed by atoms with Gasteiger partial charge in [0.25, 0.3) is 0 Å². The van der Waals surface area contributed by atoms with Gasteiger partial charge < -0.3 is 10.1 Å². The largest absolute Gasteiger partial charge is 0.497 e. The zero-order valence-electron chi connectivity index (χ0n) is 15.1. The Kier molecular flexibility index (Phi) is 5.94. The van der Waals surface area contributed by atoms with E-state index in [1.54, 1.807) is 30.0 Å². The highest BCUT2D eigenvalue weighted by atomic mass is 35.5. The quantitative estimate of drug-likeness (QED) is 0.637. The fourth-order valence-corrected chi connectivity index (χ4v) is 2.96. The van der Waals surface area contributed by atoms with Crippen molar-refractivity contribution in [2.24, 2.45) is 0 Å². The third kappa shape index (κ3) is 4.77. The number of benzene rings is 2. The Morgan fingerprint density at radius 3 is 2.74 bits per heavy atom. The maximum atomic E-state index is 12.2. The van der Waals surface area contributed by atoms with E-state index in [1.807, 2.05) is 49.4 Å². The predicted octanol–water partition coefficient (Wildman–Crippen LogP) is 4.55. The number of ether oxygens (including phenoxy) is 1. The van der Waals surface area contributed by atoms with Gasteiger partial charge in [-0.05, 0) is 30.7 Å². The summed E-state index contributed by atoms with van der Waals surface area (Å²) in [4.78, 5) is 12.2. The van der Waals surface area contributed by atoms with Gasteiger partial charge in [-0.15, -0.1) is 0 Å². The van der Waals surface area contributed by atoms with Crippen LogP contribution in [-0.4, -0.2) is 22.8 Å². The van der Waals surface area contributed by atoms with Gasteiger partial charge in [-0.1, -0.05) is 48.0 Å². The first kappa shape index (κ1) is 18.7. The molecule has 0 atom stereocenters. The molecule has 0 radical (unpaired) electrons. The maximum absolute atomic E-state index is 12.2. The van der Waals surface area contributed by atoms with Crippen molar-refractivity contribution in [1.82, 2.24) is 9.78 Å². The van der Waals surface area contributed by atoms with Gasteiger partial charge >= 0.3 is 0 Å². The zero-order valence-corrected chi connectivity index (χ0v) is 15.9. The number of aryl methyl sites for hydroxylation is 1. The van der Waals surface area contributed by atoms with Crippen LogP contribution in [0.4, 0.5) is 5.69 Å². The molecule has 1 amide bonds. The molecule has 1 N–H and O–H groups in total. The number of hydrogen-bond donors (Lipinski definition) is 1. The smallest absolute Gasteiger partial charge is 0.248 e. The van der Waals surface area contributed by atoms with Crippen LogP contribution in [0.5, 0.6) is 5.75 Å². The van der Waals surface area contributed by atoms with Gasteiger partial charge in [-0.2, -0.15) is 5.10 Å². The number of amides is 1. The maximum Gasteiger partial charge on any atom is 0.248 e. The van der Waals surface area contributed by atoms with Crippen LogP contribution in [0.15, 0.2) is 60.7 Å². The van der Waals surface area contributed by atoms with Crippen LogP contribution < -0.4 is 10.1 Å². The van der Waals surface area contributed by atoms with E-state index < -0.39 is 0 Å². The Morgan fingerprint density at radius 2 is 2.00 bits per heavy atom. The molecule has 0 aliphatic rings. The molecule has 0 saturated heterocycles. The second kappa shape index (κ2) is 8.56. The standard InChI is InChI=1S/C21H20ClN3O2/c1-15-19(21(22)25(24-15)14-16-7-4-3-5-8-16)11-12-20(26)23-17-9-6-10-18(13-17)27-2/h3-13H,14H2,1-2H3,(H,23,26)/b12-11+. The van der Waals surface area contributed by atoms with Crippen LogP contribution in [0.3, 0.4) is 0 Å². The second-order valence-corrected chi connectivity index (χ2v) is 6.35. The number of halogens is 1. The Morgan fingerprint density at radius 1 is 1.22 bits per heavy atom. The first-order valence-corrected chi connectivity index (χ1v) is 8.84. The first-order valence-electron chi connectivity index (χ1n) is 8.47. The van der Waals surface area contributed by atoms with E-state index in [0.717, 1.165) is 16.8 Å². The minimum Gasteiger partial charge on any atom is -0.497 e. The molecular weight excluding hydrogens is 362 g/mol. The van der Waals surface area contributed by atoms with Crippen molar-refractivity contribution < 1.29 is 9.53 Å². The lowest BCUT2D eigenvalue weighted by molar-refractivity contribution is -0.111. The number of nitrogens with one attached hydrogen (secondary N) is 1. The molecule has 5 nitrogen and oxygen atoms in total. The molecule has 3 rings (SSSR count). The van der Waals surface area contributed by atoms with E-state index in [2.05, 4.69) is 10.4 Å². The van der Waals surface area contributed by atoms with Gasteiger partial charge in [0, 0.05) is 23.4 Å². The fraction of sp³-hybridized carbons (Fsp3) is 0.143. The number of rotatable bonds is 6. The van der Waals surface area contributed by atoms with Gasteiger partial charge in [0.15, 0.2) is 0 Å². The van der Waals surface area contributed by atoms with Gasteiger partial charge in [0.1, 0.15) is 10.9 Å². The Hall–Kier alpha value is -3.05. The summed E-state index contributed by atoms with van der Waals surface area (Å²) in [5.41, 5.74) is 3.26. The molecule has 0 bridgehead atoms. The minimum absolute atomic E-state index is 0.255. The molecule has 2 aromatic carbocycles. The van der Waals surface area contributed by atoms with E-state index in [9.17, 15) is 4.79 Å². The van der Waals surface area contributed by atoms with Crippen molar-refractivity contribution in [3.63, 3.8) is 0 Å². The third-order valence-electron chi connectivity index (χ3n) is 4.02. The van der Waals surface area contributed by atoms with Gasteiger partial charge in [-0.3, -0.25) is 4.79 Å². The summed E-state index contributed by atoms with van der Waals surface area (Å²) in [6, 6.07) is 17.1. The van der Waals surface area contributed by atoms with E-state index >= 15 is 0 Å². The van der Waals surface area contributed by atoms with Crippen LogP contribution in [-0.2, 0) is 11.3 Å². The monoisotopic (exact) mass is 381 g/mol. The molecule has 3 aromatic rings. The Balaban J connectivity index is 1.72. The predicted molar refractivity (Wildman–Crippen MR) is 108 cm³/mol. The average Bonchev–Trinajstić information content (AvgIpc) is 2.94. The van der Waals surface area contributed by atoms with Crippen LogP contribution in [0.2, 0.25) is 5.15 Å². The fourth-order valence-electron chi connectivity index (χ4n) is 2.66. The summed E-state index contributed by atoms with van der Waals surface area (Å²) in [6.07, 6.45) is 3.13. The average molecular weight is 382 g/mol. The highest BCUT2D eigenvalue weighted by molar-refractivity contribution is 6.31. The topological polar surface area (TPSA) is 56.1 Å². The van der Waals surface area contributed by atoms with Crippen LogP contribution in [0.25, 0.3) is 6.08 Å². The molecule has 1 aromatic heterocycles. The zero-order chi connectivity index (χ0) is 19.2. The molecule has 0 spiro atoms. The molecule has 0 unspecified atom stereocenters. The summed E-state index contributed by atoms with van der Waals surface area (Å²) in [5.74, 6) is 0.424. The lowest BCUT2D eigenvalue weighted by atomic mass is 10.2. The number of nitrogens with zero attached hydrogens (tertiary/aromatic N) is 2. The molecule has 6 heteroatoms. The van der Waals surface area contributed by atoms with E-state index in [1.165, 1.54) is 6.08 Å². The molecule has 1 heterocycles. The van der Waals surface area contributed by atoms with Crippen molar-refractivity contribution in [1.29, 1.82) is 0 Å². The number of carbonyl (C=O) groups is 1. The van der Waals surface area contributed by atoms with Gasteiger partial charge in [0.05, 0.1) is 19.3 Å². The third-order valence-corrected chi connectivity index (χ3v) is 4.42. The summed E-state index contributed by atoms with van der Waals surface area (Å²) in [6.45, 7) is 2.44. The molecule has 0 aliphatic carbocycles. The summed E-state index contributed by atoms with van der Waals surface area (Å²) >= 11 is 6.46. The van der Waals surface area contributed by atoms with Crippen LogP contribution in [0.1, 0.15) is 16.8 Å². The van der Waals surface area contributed by atoms with E-state index in [0.29, 0.717) is 23.1 Å². The van der Waals surface area contributed by atoms with E-state index in [4.69, 9.17) is 16.3 Å². The molecule has 0 saturated carbocycles. The van der Waals surface area contributed by atoms with Crippen LogP contribution in [0, 0.1) is 6.92 Å². The number of aromatic nitrogens is 2. The summed E-state index contributed by atoms with van der Waals surface area (Å²) < 4.78 is 6.88. The van der Waals surface area contributed by atoms with Crippen molar-refractivity contribution in [2.45, 2.75) is 13.5 Å². The van der Waals surface area contributed by atoms with Crippen LogP contribution >= 0.6 is 11.6 Å². The highest BCUT2D eigenvalue weighted by Gasteiger charge is 2.12. The number of hydrogen-bond acceptors (Lipinski definition) is 3.